The first-order chi connectivity index (χ1) is 9.36. The van der Waals surface area contributed by atoms with E-state index in [1.54, 1.807) is 6.07 Å². The average molecular weight is 318 g/mol. The van der Waals surface area contributed by atoms with Gasteiger partial charge in [0.05, 0.1) is 11.6 Å². The van der Waals surface area contributed by atoms with Gasteiger partial charge in [-0.25, -0.2) is 8.42 Å². The van der Waals surface area contributed by atoms with Crippen LogP contribution in [0.4, 0.5) is 0 Å². The molecule has 1 aromatic rings. The molecule has 2 unspecified atom stereocenters. The van der Waals surface area contributed by atoms with Crippen molar-refractivity contribution in [1.29, 1.82) is 0 Å². The molecule has 0 saturated carbocycles. The fourth-order valence-corrected chi connectivity index (χ4v) is 4.86. The van der Waals surface area contributed by atoms with Crippen LogP contribution in [0.5, 0.6) is 0 Å². The van der Waals surface area contributed by atoms with Crippen LogP contribution in [0.1, 0.15) is 32.3 Å². The fraction of sp³-hybridized carbons (Fsp3) is 0.571. The van der Waals surface area contributed by atoms with E-state index in [1.165, 1.54) is 16.4 Å². The van der Waals surface area contributed by atoms with Crippen LogP contribution in [-0.2, 0) is 16.6 Å². The Kier molecular flexibility index (Phi) is 4.74. The summed E-state index contributed by atoms with van der Waals surface area (Å²) >= 11 is 6.05. The summed E-state index contributed by atoms with van der Waals surface area (Å²) < 4.78 is 27.1. The van der Waals surface area contributed by atoms with E-state index in [9.17, 15) is 13.5 Å². The van der Waals surface area contributed by atoms with Gasteiger partial charge in [-0.05, 0) is 43.4 Å². The molecule has 1 heterocycles. The quantitative estimate of drug-likeness (QED) is 0.932. The van der Waals surface area contributed by atoms with Crippen LogP contribution in [0.2, 0.25) is 5.02 Å². The third-order valence-electron chi connectivity index (χ3n) is 3.83. The van der Waals surface area contributed by atoms with Crippen molar-refractivity contribution in [3.63, 3.8) is 0 Å². The van der Waals surface area contributed by atoms with Crippen LogP contribution in [0, 0.1) is 5.92 Å². The second-order valence-corrected chi connectivity index (χ2v) is 7.80. The SMILES string of the molecule is CC1CCC(C)N(S(=O)(=O)c2cc(CO)ccc2Cl)C1. The van der Waals surface area contributed by atoms with Crippen LogP contribution in [0.25, 0.3) is 0 Å². The summed E-state index contributed by atoms with van der Waals surface area (Å²) in [6.07, 6.45) is 1.90. The maximum absolute atomic E-state index is 12.8. The largest absolute Gasteiger partial charge is 0.392 e. The van der Waals surface area contributed by atoms with Gasteiger partial charge in [0, 0.05) is 12.6 Å². The highest BCUT2D eigenvalue weighted by molar-refractivity contribution is 7.89. The first-order valence-electron chi connectivity index (χ1n) is 6.77. The molecule has 4 nitrogen and oxygen atoms in total. The Morgan fingerprint density at radius 1 is 1.35 bits per heavy atom. The summed E-state index contributed by atoms with van der Waals surface area (Å²) in [6, 6.07) is 4.59. The van der Waals surface area contributed by atoms with Gasteiger partial charge < -0.3 is 5.11 Å². The Morgan fingerprint density at radius 2 is 2.05 bits per heavy atom. The number of halogens is 1. The molecule has 0 spiro atoms. The molecular formula is C14H20ClNO3S. The lowest BCUT2D eigenvalue weighted by atomic mass is 9.97. The maximum atomic E-state index is 12.8. The Labute approximate surface area is 125 Å². The standard InChI is InChI=1S/C14H20ClNO3S/c1-10-3-4-11(2)16(8-10)20(18,19)14-7-12(9-17)5-6-13(14)15/h5-7,10-11,17H,3-4,8-9H2,1-2H3. The molecule has 112 valence electrons. The number of rotatable bonds is 3. The molecular weight excluding hydrogens is 298 g/mol. The zero-order chi connectivity index (χ0) is 14.9. The molecule has 1 fully saturated rings. The van der Waals surface area contributed by atoms with Crippen molar-refractivity contribution in [2.24, 2.45) is 5.92 Å². The van der Waals surface area contributed by atoms with E-state index in [0.717, 1.165) is 12.8 Å². The van der Waals surface area contributed by atoms with Crippen molar-refractivity contribution in [2.75, 3.05) is 6.54 Å². The normalized spacial score (nSPS) is 24.8. The monoisotopic (exact) mass is 317 g/mol. The molecule has 6 heteroatoms. The molecule has 2 atom stereocenters. The van der Waals surface area contributed by atoms with E-state index in [1.807, 2.05) is 6.92 Å². The minimum Gasteiger partial charge on any atom is -0.392 e. The molecule has 0 radical (unpaired) electrons. The molecule has 1 aromatic carbocycles. The zero-order valence-electron chi connectivity index (χ0n) is 11.7. The fourth-order valence-electron chi connectivity index (χ4n) is 2.55. The summed E-state index contributed by atoms with van der Waals surface area (Å²) in [5.41, 5.74) is 0.547. The number of aliphatic hydroxyl groups is 1. The van der Waals surface area contributed by atoms with E-state index in [2.05, 4.69) is 6.92 Å². The molecule has 1 aliphatic rings. The minimum absolute atomic E-state index is 0.0231. The number of sulfonamides is 1. The Morgan fingerprint density at radius 3 is 2.70 bits per heavy atom. The van der Waals surface area contributed by atoms with Crippen LogP contribution in [0.3, 0.4) is 0 Å². The number of hydrogen-bond donors (Lipinski definition) is 1. The van der Waals surface area contributed by atoms with Crippen molar-refractivity contribution in [3.05, 3.63) is 28.8 Å². The van der Waals surface area contributed by atoms with Crippen molar-refractivity contribution in [2.45, 2.75) is 44.2 Å². The Balaban J connectivity index is 2.43. The smallest absolute Gasteiger partial charge is 0.244 e. The lowest BCUT2D eigenvalue weighted by molar-refractivity contribution is 0.218. The summed E-state index contributed by atoms with van der Waals surface area (Å²) in [4.78, 5) is 0.0895. The van der Waals surface area contributed by atoms with Crippen molar-refractivity contribution in [1.82, 2.24) is 4.31 Å². The zero-order valence-corrected chi connectivity index (χ0v) is 13.3. The maximum Gasteiger partial charge on any atom is 0.244 e. The molecule has 0 aliphatic carbocycles. The lowest BCUT2D eigenvalue weighted by Crippen LogP contribution is -2.44. The number of aliphatic hydroxyl groups excluding tert-OH is 1. The van der Waals surface area contributed by atoms with Gasteiger partial charge in [0.25, 0.3) is 0 Å². The van der Waals surface area contributed by atoms with Gasteiger partial charge >= 0.3 is 0 Å². The topological polar surface area (TPSA) is 57.6 Å². The first kappa shape index (κ1) is 15.8. The number of nitrogens with zero attached hydrogens (tertiary/aromatic N) is 1. The van der Waals surface area contributed by atoms with Gasteiger partial charge in [-0.1, -0.05) is 24.6 Å². The van der Waals surface area contributed by atoms with Crippen molar-refractivity contribution < 1.29 is 13.5 Å². The van der Waals surface area contributed by atoms with Gasteiger partial charge in [0.2, 0.25) is 10.0 Å². The second kappa shape index (κ2) is 6.02. The summed E-state index contributed by atoms with van der Waals surface area (Å²) in [5.74, 6) is 0.348. The minimum atomic E-state index is -3.62. The van der Waals surface area contributed by atoms with E-state index < -0.39 is 10.0 Å². The number of benzene rings is 1. The number of hydrogen-bond acceptors (Lipinski definition) is 3. The third-order valence-corrected chi connectivity index (χ3v) is 6.29. The highest BCUT2D eigenvalue weighted by Crippen LogP contribution is 2.31. The summed E-state index contributed by atoms with van der Waals surface area (Å²) in [6.45, 7) is 4.29. The molecule has 1 N–H and O–H groups in total. The highest BCUT2D eigenvalue weighted by atomic mass is 35.5. The van der Waals surface area contributed by atoms with Gasteiger partial charge in [0.15, 0.2) is 0 Å². The Bertz CT molecular complexity index is 588. The van der Waals surface area contributed by atoms with Gasteiger partial charge in [-0.15, -0.1) is 0 Å². The van der Waals surface area contributed by atoms with Crippen molar-refractivity contribution in [3.8, 4) is 0 Å². The molecule has 20 heavy (non-hydrogen) atoms. The second-order valence-electron chi connectivity index (χ2n) is 5.53. The van der Waals surface area contributed by atoms with E-state index >= 15 is 0 Å². The van der Waals surface area contributed by atoms with E-state index in [4.69, 9.17) is 11.6 Å². The predicted molar refractivity (Wildman–Crippen MR) is 79.1 cm³/mol. The number of piperidine rings is 1. The van der Waals surface area contributed by atoms with Crippen LogP contribution in [0.15, 0.2) is 23.1 Å². The predicted octanol–water partition coefficient (Wildman–Crippen LogP) is 2.64. The van der Waals surface area contributed by atoms with E-state index in [-0.39, 0.29) is 22.6 Å². The molecule has 1 aliphatic heterocycles. The first-order valence-corrected chi connectivity index (χ1v) is 8.59. The van der Waals surface area contributed by atoms with Crippen LogP contribution >= 0.6 is 11.6 Å². The van der Waals surface area contributed by atoms with Crippen molar-refractivity contribution >= 4 is 21.6 Å². The van der Waals surface area contributed by atoms with Gasteiger partial charge in [-0.2, -0.15) is 4.31 Å². The Hall–Kier alpha value is -0.620. The average Bonchev–Trinajstić information content (AvgIpc) is 2.41. The lowest BCUT2D eigenvalue weighted by Gasteiger charge is -2.35. The molecule has 0 amide bonds. The van der Waals surface area contributed by atoms with Gasteiger partial charge in [0.1, 0.15) is 4.90 Å². The van der Waals surface area contributed by atoms with Crippen LogP contribution < -0.4 is 0 Å². The third kappa shape index (κ3) is 3.01. The van der Waals surface area contributed by atoms with Gasteiger partial charge in [-0.3, -0.25) is 0 Å². The van der Waals surface area contributed by atoms with Crippen LogP contribution in [-0.4, -0.2) is 30.4 Å². The summed E-state index contributed by atoms with van der Waals surface area (Å²) in [5, 5.41) is 9.37. The molecule has 2 rings (SSSR count). The summed E-state index contributed by atoms with van der Waals surface area (Å²) in [7, 11) is -3.62. The molecule has 0 aromatic heterocycles. The molecule has 1 saturated heterocycles. The van der Waals surface area contributed by atoms with E-state index in [0.29, 0.717) is 18.0 Å². The molecule has 0 bridgehead atoms. The highest BCUT2D eigenvalue weighted by Gasteiger charge is 2.34.